The molecular weight excluding hydrogens is 250 g/mol. The second-order valence-corrected chi connectivity index (χ2v) is 5.49. The van der Waals surface area contributed by atoms with E-state index in [1.807, 2.05) is 0 Å². The first-order chi connectivity index (χ1) is 6.37. The minimum Gasteiger partial charge on any atom is -0.329 e. The normalized spacial score (nSPS) is 22.1. The fourth-order valence-electron chi connectivity index (χ4n) is 1.45. The summed E-state index contributed by atoms with van der Waals surface area (Å²) in [6.45, 7) is -0.558. The smallest absolute Gasteiger partial charge is 0.261 e. The van der Waals surface area contributed by atoms with Crippen LogP contribution >= 0.6 is 12.4 Å². The van der Waals surface area contributed by atoms with Crippen LogP contribution in [-0.2, 0) is 10.0 Å². The fourth-order valence-corrected chi connectivity index (χ4v) is 2.79. The van der Waals surface area contributed by atoms with Crippen molar-refractivity contribution in [2.75, 3.05) is 25.4 Å². The van der Waals surface area contributed by atoms with Crippen molar-refractivity contribution in [1.82, 2.24) is 4.31 Å². The highest BCUT2D eigenvalue weighted by Crippen LogP contribution is 2.27. The maximum atomic E-state index is 12.9. The number of nitrogens with two attached hydrogens (primary N) is 1. The molecule has 1 saturated heterocycles. The van der Waals surface area contributed by atoms with Gasteiger partial charge in [0.1, 0.15) is 0 Å². The summed E-state index contributed by atoms with van der Waals surface area (Å²) in [5, 5.41) is 0. The Kier molecular flexibility index (Phi) is 5.39. The van der Waals surface area contributed by atoms with Gasteiger partial charge in [0, 0.05) is 19.5 Å². The Morgan fingerprint density at radius 3 is 2.47 bits per heavy atom. The molecule has 92 valence electrons. The third-order valence-corrected chi connectivity index (χ3v) is 3.98. The summed E-state index contributed by atoms with van der Waals surface area (Å²) in [5.74, 6) is -3.15. The van der Waals surface area contributed by atoms with E-state index >= 15 is 0 Å². The number of nitrogens with zero attached hydrogens (tertiary/aromatic N) is 1. The zero-order valence-corrected chi connectivity index (χ0v) is 9.79. The Bertz CT molecular complexity index is 297. The zero-order chi connectivity index (χ0) is 10.8. The molecule has 0 spiro atoms. The molecule has 0 aromatic rings. The highest BCUT2D eigenvalue weighted by atomic mass is 35.5. The Hall–Kier alpha value is 0.0200. The van der Waals surface area contributed by atoms with E-state index in [4.69, 9.17) is 5.73 Å². The van der Waals surface area contributed by atoms with E-state index in [0.29, 0.717) is 0 Å². The van der Waals surface area contributed by atoms with Gasteiger partial charge in [-0.1, -0.05) is 0 Å². The van der Waals surface area contributed by atoms with Crippen molar-refractivity contribution < 1.29 is 17.2 Å². The molecule has 0 aromatic heterocycles. The first kappa shape index (κ1) is 15.0. The van der Waals surface area contributed by atoms with Gasteiger partial charge in [-0.25, -0.2) is 17.2 Å². The van der Waals surface area contributed by atoms with Crippen LogP contribution in [0.4, 0.5) is 8.78 Å². The van der Waals surface area contributed by atoms with Gasteiger partial charge in [-0.15, -0.1) is 12.4 Å². The average Bonchev–Trinajstić information content (AvgIpc) is 2.02. The lowest BCUT2D eigenvalue weighted by Gasteiger charge is -2.31. The molecule has 0 unspecified atom stereocenters. The van der Waals surface area contributed by atoms with Crippen molar-refractivity contribution in [3.05, 3.63) is 0 Å². The van der Waals surface area contributed by atoms with Crippen molar-refractivity contribution in [2.24, 2.45) is 5.73 Å². The highest BCUT2D eigenvalue weighted by Gasteiger charge is 2.39. The van der Waals surface area contributed by atoms with Crippen molar-refractivity contribution in [3.8, 4) is 0 Å². The quantitative estimate of drug-likeness (QED) is 0.804. The summed E-state index contributed by atoms with van der Waals surface area (Å²) >= 11 is 0. The summed E-state index contributed by atoms with van der Waals surface area (Å²) in [4.78, 5) is 0. The number of hydrogen-bond acceptors (Lipinski definition) is 3. The van der Waals surface area contributed by atoms with Crippen LogP contribution in [0.5, 0.6) is 0 Å². The minimum absolute atomic E-state index is 0. The van der Waals surface area contributed by atoms with Gasteiger partial charge in [0.15, 0.2) is 0 Å². The van der Waals surface area contributed by atoms with Gasteiger partial charge < -0.3 is 5.73 Å². The van der Waals surface area contributed by atoms with Gasteiger partial charge in [-0.2, -0.15) is 4.31 Å². The third-order valence-electron chi connectivity index (χ3n) is 2.13. The fraction of sp³-hybridized carbons (Fsp3) is 1.00. The summed E-state index contributed by atoms with van der Waals surface area (Å²) in [5.41, 5.74) is 5.10. The minimum atomic E-state index is -3.58. The van der Waals surface area contributed by atoms with Gasteiger partial charge in [-0.05, 0) is 6.42 Å². The van der Waals surface area contributed by atoms with E-state index in [0.717, 1.165) is 4.31 Å². The summed E-state index contributed by atoms with van der Waals surface area (Å²) < 4.78 is 49.4. The molecule has 1 heterocycles. The molecule has 4 nitrogen and oxygen atoms in total. The molecule has 1 aliphatic rings. The predicted octanol–water partition coefficient (Wildman–Crippen LogP) is 0.428. The first-order valence-electron chi connectivity index (χ1n) is 4.43. The van der Waals surface area contributed by atoms with Crippen molar-refractivity contribution in [3.63, 3.8) is 0 Å². The van der Waals surface area contributed by atoms with Gasteiger partial charge >= 0.3 is 0 Å². The lowest BCUT2D eigenvalue weighted by atomic mass is 10.1. The van der Waals surface area contributed by atoms with E-state index in [1.165, 1.54) is 0 Å². The van der Waals surface area contributed by atoms with E-state index in [9.17, 15) is 17.2 Å². The molecule has 1 rings (SSSR count). The number of rotatable bonds is 3. The van der Waals surface area contributed by atoms with Crippen LogP contribution in [0.3, 0.4) is 0 Å². The standard InChI is InChI=1S/C7H14F2N2O2S.ClH/c8-7(9)2-1-4-11(6-7)14(12,13)5-3-10;/h1-6,10H2;1H. The molecule has 0 radical (unpaired) electrons. The number of sulfonamides is 1. The maximum absolute atomic E-state index is 12.9. The van der Waals surface area contributed by atoms with E-state index < -0.39 is 22.5 Å². The Labute approximate surface area is 94.3 Å². The van der Waals surface area contributed by atoms with Gasteiger partial charge in [0.05, 0.1) is 12.3 Å². The summed E-state index contributed by atoms with van der Waals surface area (Å²) in [6, 6.07) is 0. The lowest BCUT2D eigenvalue weighted by Crippen LogP contribution is -2.47. The molecule has 1 fully saturated rings. The molecule has 0 saturated carbocycles. The number of halogens is 3. The van der Waals surface area contributed by atoms with E-state index in [1.54, 1.807) is 0 Å². The highest BCUT2D eigenvalue weighted by molar-refractivity contribution is 7.89. The third kappa shape index (κ3) is 4.18. The van der Waals surface area contributed by atoms with Gasteiger partial charge in [-0.3, -0.25) is 0 Å². The Morgan fingerprint density at radius 2 is 2.00 bits per heavy atom. The summed E-state index contributed by atoms with van der Waals surface area (Å²) in [7, 11) is -3.58. The topological polar surface area (TPSA) is 63.4 Å². The molecule has 2 N–H and O–H groups in total. The number of hydrogen-bond donors (Lipinski definition) is 1. The Morgan fingerprint density at radius 1 is 1.40 bits per heavy atom. The van der Waals surface area contributed by atoms with Gasteiger partial charge in [0.25, 0.3) is 5.92 Å². The molecule has 0 aliphatic carbocycles. The largest absolute Gasteiger partial charge is 0.329 e. The van der Waals surface area contributed by atoms with Crippen LogP contribution in [0, 0.1) is 0 Å². The van der Waals surface area contributed by atoms with Crippen molar-refractivity contribution in [2.45, 2.75) is 18.8 Å². The van der Waals surface area contributed by atoms with Crippen LogP contribution < -0.4 is 5.73 Å². The van der Waals surface area contributed by atoms with Crippen LogP contribution in [-0.4, -0.2) is 44.0 Å². The molecule has 0 aromatic carbocycles. The van der Waals surface area contributed by atoms with Crippen molar-refractivity contribution in [1.29, 1.82) is 0 Å². The van der Waals surface area contributed by atoms with Crippen LogP contribution in [0.25, 0.3) is 0 Å². The Balaban J connectivity index is 0.00000196. The predicted molar refractivity (Wildman–Crippen MR) is 55.8 cm³/mol. The molecule has 0 bridgehead atoms. The first-order valence-corrected chi connectivity index (χ1v) is 6.04. The second-order valence-electron chi connectivity index (χ2n) is 3.40. The molecule has 15 heavy (non-hydrogen) atoms. The van der Waals surface area contributed by atoms with Crippen LogP contribution in [0.2, 0.25) is 0 Å². The van der Waals surface area contributed by atoms with Gasteiger partial charge in [0.2, 0.25) is 10.0 Å². The lowest BCUT2D eigenvalue weighted by molar-refractivity contribution is -0.0433. The van der Waals surface area contributed by atoms with Crippen molar-refractivity contribution >= 4 is 22.4 Å². The number of piperidine rings is 1. The molecule has 0 atom stereocenters. The summed E-state index contributed by atoms with van der Waals surface area (Å²) in [6.07, 6.45) is -0.0293. The second kappa shape index (κ2) is 5.38. The van der Waals surface area contributed by atoms with Crippen LogP contribution in [0.15, 0.2) is 0 Å². The molecule has 8 heteroatoms. The zero-order valence-electron chi connectivity index (χ0n) is 8.16. The van der Waals surface area contributed by atoms with Crippen LogP contribution in [0.1, 0.15) is 12.8 Å². The molecule has 1 aliphatic heterocycles. The number of alkyl halides is 2. The van der Waals surface area contributed by atoms with E-state index in [2.05, 4.69) is 0 Å². The SMILES string of the molecule is Cl.NCCS(=O)(=O)N1CCCC(F)(F)C1. The molecule has 0 amide bonds. The van der Waals surface area contributed by atoms with E-state index in [-0.39, 0.29) is 44.1 Å². The average molecular weight is 265 g/mol. The molecular formula is C7H15ClF2N2O2S. The monoisotopic (exact) mass is 264 g/mol. The maximum Gasteiger partial charge on any atom is 0.261 e.